The number of halogens is 1. The summed E-state index contributed by atoms with van der Waals surface area (Å²) in [5.41, 5.74) is 2.68. The van der Waals surface area contributed by atoms with Crippen LogP contribution in [-0.2, 0) is 6.54 Å². The van der Waals surface area contributed by atoms with Crippen LogP contribution in [0.15, 0.2) is 36.4 Å². The third-order valence-electron chi connectivity index (χ3n) is 3.29. The molecule has 0 saturated heterocycles. The lowest BCUT2D eigenvalue weighted by molar-refractivity contribution is -0.385. The molecule has 4 nitrogen and oxygen atoms in total. The highest BCUT2D eigenvalue weighted by Gasteiger charge is 2.13. The summed E-state index contributed by atoms with van der Waals surface area (Å²) >= 11 is 0. The van der Waals surface area contributed by atoms with E-state index in [1.165, 1.54) is 12.1 Å². The monoisotopic (exact) mass is 274 g/mol. The highest BCUT2D eigenvalue weighted by molar-refractivity contribution is 5.53. The zero-order valence-corrected chi connectivity index (χ0v) is 11.3. The number of para-hydroxylation sites is 1. The summed E-state index contributed by atoms with van der Waals surface area (Å²) in [5, 5.41) is 13.9. The average molecular weight is 274 g/mol. The van der Waals surface area contributed by atoms with E-state index in [2.05, 4.69) is 5.32 Å². The molecule has 20 heavy (non-hydrogen) atoms. The number of benzene rings is 2. The molecule has 2 aromatic rings. The van der Waals surface area contributed by atoms with E-state index in [4.69, 9.17) is 0 Å². The number of aryl methyl sites for hydroxylation is 1. The molecule has 0 fully saturated rings. The van der Waals surface area contributed by atoms with E-state index in [0.29, 0.717) is 17.8 Å². The summed E-state index contributed by atoms with van der Waals surface area (Å²) in [4.78, 5) is 10.5. The lowest BCUT2D eigenvalue weighted by Crippen LogP contribution is -2.05. The van der Waals surface area contributed by atoms with Gasteiger partial charge in [0.05, 0.1) is 10.6 Å². The zero-order chi connectivity index (χ0) is 14.7. The molecule has 0 unspecified atom stereocenters. The van der Waals surface area contributed by atoms with E-state index in [-0.39, 0.29) is 11.5 Å². The molecule has 0 amide bonds. The lowest BCUT2D eigenvalue weighted by Gasteiger charge is -2.12. The molecule has 0 aliphatic heterocycles. The zero-order valence-electron chi connectivity index (χ0n) is 11.3. The number of nitro benzene ring substituents is 1. The molecule has 0 bridgehead atoms. The summed E-state index contributed by atoms with van der Waals surface area (Å²) in [6.07, 6.45) is 0. The Balaban J connectivity index is 2.24. The Labute approximate surface area is 116 Å². The molecule has 2 rings (SSSR count). The van der Waals surface area contributed by atoms with Crippen molar-refractivity contribution in [1.82, 2.24) is 0 Å². The van der Waals surface area contributed by atoms with Gasteiger partial charge >= 0.3 is 0 Å². The van der Waals surface area contributed by atoms with Gasteiger partial charge in [-0.3, -0.25) is 10.1 Å². The Morgan fingerprint density at radius 3 is 2.55 bits per heavy atom. The van der Waals surface area contributed by atoms with Crippen molar-refractivity contribution in [2.24, 2.45) is 0 Å². The fourth-order valence-corrected chi connectivity index (χ4v) is 2.10. The third kappa shape index (κ3) is 2.77. The molecular weight excluding hydrogens is 259 g/mol. The second-order valence-electron chi connectivity index (χ2n) is 4.60. The molecule has 0 saturated carbocycles. The molecule has 0 radical (unpaired) electrons. The number of hydrogen-bond acceptors (Lipinski definition) is 3. The first-order valence-corrected chi connectivity index (χ1v) is 6.22. The van der Waals surface area contributed by atoms with Crippen LogP contribution >= 0.6 is 0 Å². The number of nitrogens with zero attached hydrogens (tertiary/aromatic N) is 1. The summed E-state index contributed by atoms with van der Waals surface area (Å²) < 4.78 is 13.7. The van der Waals surface area contributed by atoms with E-state index in [1.54, 1.807) is 25.1 Å². The fraction of sp³-hybridized carbons (Fsp3) is 0.200. The van der Waals surface area contributed by atoms with Crippen LogP contribution < -0.4 is 5.32 Å². The SMILES string of the molecule is Cc1cccc(F)c1NCc1cccc([N+](=O)[O-])c1C. The van der Waals surface area contributed by atoms with E-state index in [1.807, 2.05) is 13.0 Å². The van der Waals surface area contributed by atoms with Crippen molar-refractivity contribution >= 4 is 11.4 Å². The predicted octanol–water partition coefficient (Wildman–Crippen LogP) is 3.96. The standard InChI is InChI=1S/C15H15FN2O2/c1-10-5-3-7-13(16)15(10)17-9-12-6-4-8-14(11(12)2)18(19)20/h3-8,17H,9H2,1-2H3. The maximum atomic E-state index is 13.7. The number of nitro groups is 1. The van der Waals surface area contributed by atoms with Gasteiger partial charge in [-0.25, -0.2) is 4.39 Å². The van der Waals surface area contributed by atoms with Gasteiger partial charge in [0.15, 0.2) is 0 Å². The van der Waals surface area contributed by atoms with Crippen LogP contribution in [-0.4, -0.2) is 4.92 Å². The fourth-order valence-electron chi connectivity index (χ4n) is 2.10. The van der Waals surface area contributed by atoms with Gasteiger partial charge in [-0.15, -0.1) is 0 Å². The molecule has 0 aromatic heterocycles. The van der Waals surface area contributed by atoms with Gasteiger partial charge in [-0.05, 0) is 31.0 Å². The molecule has 1 N–H and O–H groups in total. The molecule has 0 spiro atoms. The molecular formula is C15H15FN2O2. The van der Waals surface area contributed by atoms with Crippen molar-refractivity contribution in [3.05, 3.63) is 69.0 Å². The van der Waals surface area contributed by atoms with Gasteiger partial charge < -0.3 is 5.32 Å². The van der Waals surface area contributed by atoms with Crippen LogP contribution in [0.5, 0.6) is 0 Å². The minimum absolute atomic E-state index is 0.0783. The molecule has 0 aliphatic rings. The van der Waals surface area contributed by atoms with E-state index < -0.39 is 4.92 Å². The largest absolute Gasteiger partial charge is 0.378 e. The minimum atomic E-state index is -0.410. The molecule has 104 valence electrons. The number of nitrogens with one attached hydrogen (secondary N) is 1. The van der Waals surface area contributed by atoms with E-state index in [0.717, 1.165) is 11.1 Å². The Bertz CT molecular complexity index is 636. The Morgan fingerprint density at radius 1 is 1.20 bits per heavy atom. The topological polar surface area (TPSA) is 55.2 Å². The normalized spacial score (nSPS) is 10.3. The molecule has 2 aromatic carbocycles. The van der Waals surface area contributed by atoms with E-state index >= 15 is 0 Å². The Morgan fingerprint density at radius 2 is 1.90 bits per heavy atom. The smallest absolute Gasteiger partial charge is 0.272 e. The van der Waals surface area contributed by atoms with Crippen molar-refractivity contribution in [2.45, 2.75) is 20.4 Å². The molecule has 5 heteroatoms. The van der Waals surface area contributed by atoms with Crippen molar-refractivity contribution in [3.63, 3.8) is 0 Å². The first-order valence-electron chi connectivity index (χ1n) is 6.22. The van der Waals surface area contributed by atoms with Crippen LogP contribution in [0.25, 0.3) is 0 Å². The second-order valence-corrected chi connectivity index (χ2v) is 4.60. The highest BCUT2D eigenvalue weighted by atomic mass is 19.1. The number of hydrogen-bond donors (Lipinski definition) is 1. The van der Waals surface area contributed by atoms with Crippen LogP contribution in [0.4, 0.5) is 15.8 Å². The third-order valence-corrected chi connectivity index (χ3v) is 3.29. The minimum Gasteiger partial charge on any atom is -0.378 e. The molecule has 0 heterocycles. The quantitative estimate of drug-likeness (QED) is 0.678. The van der Waals surface area contributed by atoms with Gasteiger partial charge in [0.25, 0.3) is 5.69 Å². The predicted molar refractivity (Wildman–Crippen MR) is 76.3 cm³/mol. The summed E-state index contributed by atoms with van der Waals surface area (Å²) in [6.45, 7) is 3.85. The Hall–Kier alpha value is -2.43. The first kappa shape index (κ1) is 14.0. The Kier molecular flexibility index (Phi) is 3.98. The second kappa shape index (κ2) is 5.69. The van der Waals surface area contributed by atoms with Crippen molar-refractivity contribution in [3.8, 4) is 0 Å². The van der Waals surface area contributed by atoms with Crippen LogP contribution in [0.2, 0.25) is 0 Å². The van der Waals surface area contributed by atoms with Crippen molar-refractivity contribution < 1.29 is 9.31 Å². The summed E-state index contributed by atoms with van der Waals surface area (Å²) in [7, 11) is 0. The van der Waals surface area contributed by atoms with Crippen molar-refractivity contribution in [2.75, 3.05) is 5.32 Å². The number of anilines is 1. The maximum absolute atomic E-state index is 13.7. The maximum Gasteiger partial charge on any atom is 0.272 e. The van der Waals surface area contributed by atoms with Gasteiger partial charge in [0.1, 0.15) is 5.82 Å². The van der Waals surface area contributed by atoms with Gasteiger partial charge in [-0.2, -0.15) is 0 Å². The summed E-state index contributed by atoms with van der Waals surface area (Å²) in [5.74, 6) is -0.326. The van der Waals surface area contributed by atoms with E-state index in [9.17, 15) is 14.5 Å². The average Bonchev–Trinajstić information content (AvgIpc) is 2.39. The van der Waals surface area contributed by atoms with Gasteiger partial charge in [0, 0.05) is 18.2 Å². The number of rotatable bonds is 4. The van der Waals surface area contributed by atoms with Gasteiger partial charge in [0.2, 0.25) is 0 Å². The van der Waals surface area contributed by atoms with Crippen LogP contribution in [0.3, 0.4) is 0 Å². The molecule has 0 atom stereocenters. The lowest BCUT2D eigenvalue weighted by atomic mass is 10.1. The highest BCUT2D eigenvalue weighted by Crippen LogP contribution is 2.24. The van der Waals surface area contributed by atoms with Crippen LogP contribution in [0, 0.1) is 29.8 Å². The summed E-state index contributed by atoms with van der Waals surface area (Å²) in [6, 6.07) is 9.74. The van der Waals surface area contributed by atoms with Crippen LogP contribution in [0.1, 0.15) is 16.7 Å². The van der Waals surface area contributed by atoms with Crippen molar-refractivity contribution in [1.29, 1.82) is 0 Å². The van der Waals surface area contributed by atoms with Gasteiger partial charge in [-0.1, -0.05) is 24.3 Å². The molecule has 0 aliphatic carbocycles. The first-order chi connectivity index (χ1) is 9.50.